The van der Waals surface area contributed by atoms with Gasteiger partial charge >= 0.3 is 0 Å². The van der Waals surface area contributed by atoms with Crippen molar-refractivity contribution in [1.82, 2.24) is 15.2 Å². The summed E-state index contributed by atoms with van der Waals surface area (Å²) in [6.45, 7) is 2.04. The summed E-state index contributed by atoms with van der Waals surface area (Å²) in [4.78, 5) is 4.43. The molecule has 0 aliphatic heterocycles. The summed E-state index contributed by atoms with van der Waals surface area (Å²) in [5.41, 5.74) is 2.85. The van der Waals surface area contributed by atoms with Crippen LogP contribution in [0.2, 0.25) is 0 Å². The van der Waals surface area contributed by atoms with Crippen molar-refractivity contribution in [1.29, 1.82) is 0 Å². The van der Waals surface area contributed by atoms with Gasteiger partial charge in [0.2, 0.25) is 5.16 Å². The van der Waals surface area contributed by atoms with Crippen LogP contribution < -0.4 is 0 Å². The Balaban J connectivity index is 1.71. The lowest BCUT2D eigenvalue weighted by molar-refractivity contribution is 0.617. The van der Waals surface area contributed by atoms with Crippen LogP contribution in [0.25, 0.3) is 11.4 Å². The number of hydrogen-bond donors (Lipinski definition) is 1. The smallest absolute Gasteiger partial charge is 0.209 e. The van der Waals surface area contributed by atoms with E-state index in [1.807, 2.05) is 37.3 Å². The molecule has 3 nitrogen and oxygen atoms in total. The van der Waals surface area contributed by atoms with Crippen molar-refractivity contribution in [2.24, 2.45) is 0 Å². The van der Waals surface area contributed by atoms with E-state index in [1.54, 1.807) is 12.1 Å². The lowest BCUT2D eigenvalue weighted by Gasteiger charge is -1.99. The van der Waals surface area contributed by atoms with E-state index in [0.29, 0.717) is 16.5 Å². The molecule has 0 atom stereocenters. The Labute approximate surface area is 126 Å². The van der Waals surface area contributed by atoms with Gasteiger partial charge in [0, 0.05) is 11.3 Å². The molecule has 0 fully saturated rings. The van der Waals surface area contributed by atoms with Crippen molar-refractivity contribution < 1.29 is 4.39 Å². The first-order chi connectivity index (χ1) is 10.2. The molecule has 3 aromatic rings. The second-order valence-corrected chi connectivity index (χ2v) is 5.66. The van der Waals surface area contributed by atoms with Gasteiger partial charge in [-0.05, 0) is 18.6 Å². The van der Waals surface area contributed by atoms with Crippen molar-refractivity contribution in [2.45, 2.75) is 17.8 Å². The molecule has 106 valence electrons. The molecule has 0 aliphatic rings. The van der Waals surface area contributed by atoms with Crippen molar-refractivity contribution in [3.05, 3.63) is 65.5 Å². The molecule has 0 saturated heterocycles. The highest BCUT2D eigenvalue weighted by molar-refractivity contribution is 7.98. The van der Waals surface area contributed by atoms with Gasteiger partial charge in [-0.1, -0.05) is 59.8 Å². The second-order valence-electron chi connectivity index (χ2n) is 4.71. The zero-order valence-corrected chi connectivity index (χ0v) is 12.3. The molecule has 1 aromatic heterocycles. The molecule has 0 spiro atoms. The van der Waals surface area contributed by atoms with Gasteiger partial charge in [0.25, 0.3) is 0 Å². The van der Waals surface area contributed by atoms with E-state index < -0.39 is 0 Å². The van der Waals surface area contributed by atoms with Crippen LogP contribution in [0.3, 0.4) is 0 Å². The van der Waals surface area contributed by atoms with Gasteiger partial charge in [0.15, 0.2) is 5.82 Å². The summed E-state index contributed by atoms with van der Waals surface area (Å²) in [5.74, 6) is 1.04. The van der Waals surface area contributed by atoms with E-state index in [4.69, 9.17) is 0 Å². The number of rotatable bonds is 4. The Morgan fingerprint density at radius 3 is 2.62 bits per heavy atom. The number of halogens is 1. The van der Waals surface area contributed by atoms with E-state index in [1.165, 1.54) is 23.4 Å². The molecular weight excluding hydrogens is 285 g/mol. The number of nitrogens with one attached hydrogen (secondary N) is 1. The third-order valence-electron chi connectivity index (χ3n) is 3.10. The average molecular weight is 299 g/mol. The van der Waals surface area contributed by atoms with E-state index in [9.17, 15) is 4.39 Å². The van der Waals surface area contributed by atoms with Crippen molar-refractivity contribution in [2.75, 3.05) is 0 Å². The highest BCUT2D eigenvalue weighted by atomic mass is 32.2. The number of aromatic nitrogens is 3. The number of benzene rings is 2. The third-order valence-corrected chi connectivity index (χ3v) is 4.00. The average Bonchev–Trinajstić information content (AvgIpc) is 2.96. The normalized spacial score (nSPS) is 10.8. The highest BCUT2D eigenvalue weighted by Crippen LogP contribution is 2.23. The molecule has 1 heterocycles. The number of hydrogen-bond acceptors (Lipinski definition) is 3. The maximum absolute atomic E-state index is 13.5. The van der Waals surface area contributed by atoms with Crippen LogP contribution in [0.1, 0.15) is 11.1 Å². The highest BCUT2D eigenvalue weighted by Gasteiger charge is 2.08. The number of aryl methyl sites for hydroxylation is 1. The van der Waals surface area contributed by atoms with Gasteiger partial charge in [-0.3, -0.25) is 5.10 Å². The fourth-order valence-electron chi connectivity index (χ4n) is 1.91. The number of thioether (sulfide) groups is 1. The van der Waals surface area contributed by atoms with Gasteiger partial charge in [-0.25, -0.2) is 9.37 Å². The first kappa shape index (κ1) is 13.8. The second kappa shape index (κ2) is 6.10. The van der Waals surface area contributed by atoms with E-state index in [0.717, 1.165) is 11.4 Å². The van der Waals surface area contributed by atoms with Gasteiger partial charge in [0.1, 0.15) is 5.82 Å². The molecule has 0 aliphatic carbocycles. The zero-order valence-electron chi connectivity index (χ0n) is 11.5. The number of H-pyrrole nitrogens is 1. The summed E-state index contributed by atoms with van der Waals surface area (Å²) in [6, 6.07) is 14.8. The van der Waals surface area contributed by atoms with E-state index >= 15 is 0 Å². The van der Waals surface area contributed by atoms with Crippen LogP contribution >= 0.6 is 11.8 Å². The Bertz CT molecular complexity index is 737. The van der Waals surface area contributed by atoms with Crippen LogP contribution in [-0.2, 0) is 5.75 Å². The van der Waals surface area contributed by atoms with Crippen molar-refractivity contribution in [3.8, 4) is 11.4 Å². The van der Waals surface area contributed by atoms with Crippen molar-refractivity contribution >= 4 is 11.8 Å². The molecule has 3 rings (SSSR count). The SMILES string of the molecule is Cc1ccc(-c2nc(SCc3ccccc3F)n[nH]2)cc1. The third kappa shape index (κ3) is 3.31. The summed E-state index contributed by atoms with van der Waals surface area (Å²) >= 11 is 1.41. The predicted molar refractivity (Wildman–Crippen MR) is 82.5 cm³/mol. The standard InChI is InChI=1S/C16H14FN3S/c1-11-6-8-12(9-7-11)15-18-16(20-19-15)21-10-13-4-2-3-5-14(13)17/h2-9H,10H2,1H3,(H,18,19,20). The van der Waals surface area contributed by atoms with Crippen molar-refractivity contribution in [3.63, 3.8) is 0 Å². The zero-order chi connectivity index (χ0) is 14.7. The minimum Gasteiger partial charge on any atom is -0.258 e. The van der Waals surface area contributed by atoms with Crippen LogP contribution in [0.4, 0.5) is 4.39 Å². The van der Waals surface area contributed by atoms with E-state index in [-0.39, 0.29) is 5.82 Å². The largest absolute Gasteiger partial charge is 0.258 e. The van der Waals surface area contributed by atoms with E-state index in [2.05, 4.69) is 15.2 Å². The predicted octanol–water partition coefficient (Wildman–Crippen LogP) is 4.21. The summed E-state index contributed by atoms with van der Waals surface area (Å²) in [7, 11) is 0. The fraction of sp³-hybridized carbons (Fsp3) is 0.125. The molecule has 0 unspecified atom stereocenters. The molecule has 2 aromatic carbocycles. The minimum atomic E-state index is -0.195. The lowest BCUT2D eigenvalue weighted by atomic mass is 10.1. The lowest BCUT2D eigenvalue weighted by Crippen LogP contribution is -1.87. The monoisotopic (exact) mass is 299 g/mol. The van der Waals surface area contributed by atoms with Crippen LogP contribution in [0.5, 0.6) is 0 Å². The van der Waals surface area contributed by atoms with Gasteiger partial charge in [0.05, 0.1) is 0 Å². The Hall–Kier alpha value is -2.14. The quantitative estimate of drug-likeness (QED) is 0.734. The minimum absolute atomic E-state index is 0.195. The van der Waals surface area contributed by atoms with Gasteiger partial charge in [-0.15, -0.1) is 5.10 Å². The molecule has 0 radical (unpaired) electrons. The Kier molecular flexibility index (Phi) is 4.01. The maximum atomic E-state index is 13.5. The summed E-state index contributed by atoms with van der Waals surface area (Å²) < 4.78 is 13.5. The van der Waals surface area contributed by atoms with Gasteiger partial charge in [-0.2, -0.15) is 0 Å². The van der Waals surface area contributed by atoms with Crippen LogP contribution in [0, 0.1) is 12.7 Å². The molecule has 1 N–H and O–H groups in total. The van der Waals surface area contributed by atoms with Gasteiger partial charge < -0.3 is 0 Å². The Morgan fingerprint density at radius 1 is 1.10 bits per heavy atom. The van der Waals surface area contributed by atoms with Crippen LogP contribution in [0.15, 0.2) is 53.7 Å². The number of aromatic amines is 1. The maximum Gasteiger partial charge on any atom is 0.209 e. The molecule has 0 amide bonds. The fourth-order valence-corrected chi connectivity index (χ4v) is 2.69. The topological polar surface area (TPSA) is 41.6 Å². The summed E-state index contributed by atoms with van der Waals surface area (Å²) in [6.07, 6.45) is 0. The molecule has 5 heteroatoms. The molecule has 0 saturated carbocycles. The first-order valence-corrected chi connectivity index (χ1v) is 7.56. The first-order valence-electron chi connectivity index (χ1n) is 6.58. The molecule has 0 bridgehead atoms. The van der Waals surface area contributed by atoms with Crippen LogP contribution in [-0.4, -0.2) is 15.2 Å². The number of nitrogens with zero attached hydrogens (tertiary/aromatic N) is 2. The molecular formula is C16H14FN3S. The Morgan fingerprint density at radius 2 is 1.86 bits per heavy atom. The molecule has 21 heavy (non-hydrogen) atoms. The summed E-state index contributed by atoms with van der Waals surface area (Å²) in [5, 5.41) is 7.70.